The number of ether oxygens (including phenoxy) is 1. The Labute approximate surface area is 183 Å². The van der Waals surface area contributed by atoms with E-state index >= 15 is 0 Å². The molecule has 0 aliphatic heterocycles. The number of thiazole rings is 1. The monoisotopic (exact) mass is 528 g/mol. The molecular formula is C18H24F3IN4OS. The Kier molecular flexibility index (Phi) is 10.0. The largest absolute Gasteiger partial charge is 0.493 e. The molecule has 0 aliphatic carbocycles. The van der Waals surface area contributed by atoms with Crippen LogP contribution in [-0.2, 0) is 12.7 Å². The maximum absolute atomic E-state index is 12.6. The van der Waals surface area contributed by atoms with Gasteiger partial charge in [0.05, 0.1) is 13.2 Å². The average molecular weight is 528 g/mol. The highest BCUT2D eigenvalue weighted by atomic mass is 127. The molecule has 0 aliphatic rings. The number of alkyl halides is 3. The van der Waals surface area contributed by atoms with Crippen molar-refractivity contribution < 1.29 is 17.9 Å². The Morgan fingerprint density at radius 3 is 2.46 bits per heavy atom. The maximum atomic E-state index is 12.6. The van der Waals surface area contributed by atoms with Gasteiger partial charge in [-0.1, -0.05) is 18.2 Å². The van der Waals surface area contributed by atoms with Crippen LogP contribution in [0.5, 0.6) is 5.75 Å². The Bertz CT molecular complexity index is 760. The van der Waals surface area contributed by atoms with E-state index in [1.54, 1.807) is 7.05 Å². The first-order chi connectivity index (χ1) is 12.8. The molecule has 0 saturated carbocycles. The van der Waals surface area contributed by atoms with Gasteiger partial charge in [-0.05, 0) is 31.4 Å². The molecule has 2 rings (SSSR count). The molecule has 0 unspecified atom stereocenters. The molecule has 1 heterocycles. The van der Waals surface area contributed by atoms with Crippen LogP contribution in [0.3, 0.4) is 0 Å². The zero-order chi connectivity index (χ0) is 19.9. The number of benzene rings is 1. The fraction of sp³-hybridized carbons (Fsp3) is 0.444. The van der Waals surface area contributed by atoms with E-state index in [1.165, 1.54) is 0 Å². The van der Waals surface area contributed by atoms with E-state index in [0.717, 1.165) is 40.0 Å². The van der Waals surface area contributed by atoms with Crippen LogP contribution in [0.4, 0.5) is 13.2 Å². The normalized spacial score (nSPS) is 11.7. The van der Waals surface area contributed by atoms with Gasteiger partial charge in [0.2, 0.25) is 0 Å². The topological polar surface area (TPSA) is 58.5 Å². The average Bonchev–Trinajstić information content (AvgIpc) is 3.09. The van der Waals surface area contributed by atoms with Gasteiger partial charge >= 0.3 is 6.18 Å². The molecule has 1 aromatic carbocycles. The van der Waals surface area contributed by atoms with Crippen molar-refractivity contribution in [2.24, 2.45) is 4.99 Å². The molecule has 0 spiro atoms. The third kappa shape index (κ3) is 7.46. The lowest BCUT2D eigenvalue weighted by Gasteiger charge is -2.13. The minimum Gasteiger partial charge on any atom is -0.493 e. The molecule has 0 amide bonds. The number of nitrogens with one attached hydrogen (secondary N) is 2. The predicted molar refractivity (Wildman–Crippen MR) is 117 cm³/mol. The van der Waals surface area contributed by atoms with Crippen LogP contribution in [-0.4, -0.2) is 31.1 Å². The first-order valence-corrected chi connectivity index (χ1v) is 9.34. The van der Waals surface area contributed by atoms with Crippen molar-refractivity contribution in [2.75, 3.05) is 20.2 Å². The van der Waals surface area contributed by atoms with Crippen LogP contribution in [0.25, 0.3) is 0 Å². The van der Waals surface area contributed by atoms with Gasteiger partial charge in [-0.25, -0.2) is 4.98 Å². The second-order valence-corrected chi connectivity index (χ2v) is 6.84. The third-order valence-electron chi connectivity index (χ3n) is 3.74. The minimum absolute atomic E-state index is 0. The molecule has 0 atom stereocenters. The molecule has 0 radical (unpaired) electrons. The van der Waals surface area contributed by atoms with Crippen LogP contribution in [0.1, 0.15) is 28.2 Å². The first kappa shape index (κ1) is 24.5. The molecule has 0 fully saturated rings. The molecule has 156 valence electrons. The summed E-state index contributed by atoms with van der Waals surface area (Å²) < 4.78 is 43.5. The van der Waals surface area contributed by atoms with Gasteiger partial charge in [0.25, 0.3) is 0 Å². The number of aryl methyl sites for hydroxylation is 2. The summed E-state index contributed by atoms with van der Waals surface area (Å²) in [5.74, 6) is 1.41. The van der Waals surface area contributed by atoms with Gasteiger partial charge in [0, 0.05) is 19.0 Å². The van der Waals surface area contributed by atoms with E-state index in [0.29, 0.717) is 24.1 Å². The number of halogens is 4. The van der Waals surface area contributed by atoms with Crippen molar-refractivity contribution in [3.8, 4) is 5.75 Å². The fourth-order valence-electron chi connectivity index (χ4n) is 2.38. The van der Waals surface area contributed by atoms with Crippen molar-refractivity contribution in [1.29, 1.82) is 0 Å². The number of hydrogen-bond donors (Lipinski definition) is 2. The Hall–Kier alpha value is -1.56. The third-order valence-corrected chi connectivity index (χ3v) is 4.59. The van der Waals surface area contributed by atoms with Gasteiger partial charge in [-0.15, -0.1) is 35.3 Å². The predicted octanol–water partition coefficient (Wildman–Crippen LogP) is 4.53. The molecule has 5 nitrogen and oxygen atoms in total. The number of aliphatic imine (C=N–C) groups is 1. The molecule has 2 N–H and O–H groups in total. The fourth-order valence-corrected chi connectivity index (χ4v) is 3.12. The summed E-state index contributed by atoms with van der Waals surface area (Å²) in [6.45, 7) is 5.37. The van der Waals surface area contributed by atoms with Crippen LogP contribution in [0.15, 0.2) is 28.6 Å². The SMILES string of the molecule is CN=C(NCCCOc1c(C)cccc1C)NCc1nc(C(F)(F)F)cs1.I. The van der Waals surface area contributed by atoms with Crippen LogP contribution in [0.2, 0.25) is 0 Å². The lowest BCUT2D eigenvalue weighted by atomic mass is 10.1. The highest BCUT2D eigenvalue weighted by Gasteiger charge is 2.33. The molecule has 10 heteroatoms. The lowest BCUT2D eigenvalue weighted by molar-refractivity contribution is -0.140. The number of aromatic nitrogens is 1. The standard InChI is InChI=1S/C18H23F3N4OS.HI/c1-12-6-4-7-13(2)16(12)26-9-5-8-23-17(22-3)24-10-15-25-14(11-27-15)18(19,20)21;/h4,6-7,11H,5,8-10H2,1-3H3,(H2,22,23,24);1H. The quantitative estimate of drug-likeness (QED) is 0.240. The van der Waals surface area contributed by atoms with E-state index in [9.17, 15) is 13.2 Å². The van der Waals surface area contributed by atoms with E-state index in [-0.39, 0.29) is 30.5 Å². The summed E-state index contributed by atoms with van der Waals surface area (Å²) in [6.07, 6.45) is -3.66. The van der Waals surface area contributed by atoms with Crippen molar-refractivity contribution in [3.63, 3.8) is 0 Å². The van der Waals surface area contributed by atoms with Crippen LogP contribution < -0.4 is 15.4 Å². The van der Waals surface area contributed by atoms with E-state index in [4.69, 9.17) is 4.74 Å². The Morgan fingerprint density at radius 1 is 1.21 bits per heavy atom. The molecule has 28 heavy (non-hydrogen) atoms. The highest BCUT2D eigenvalue weighted by molar-refractivity contribution is 14.0. The summed E-state index contributed by atoms with van der Waals surface area (Å²) in [5, 5.41) is 7.42. The van der Waals surface area contributed by atoms with Gasteiger partial charge in [0.15, 0.2) is 11.7 Å². The Balaban J connectivity index is 0.00000392. The second kappa shape index (κ2) is 11.4. The maximum Gasteiger partial charge on any atom is 0.434 e. The number of guanidine groups is 1. The summed E-state index contributed by atoms with van der Waals surface area (Å²) >= 11 is 0.965. The summed E-state index contributed by atoms with van der Waals surface area (Å²) in [6, 6.07) is 6.01. The molecule has 2 aromatic rings. The second-order valence-electron chi connectivity index (χ2n) is 5.90. The van der Waals surface area contributed by atoms with Gasteiger partial charge in [-0.2, -0.15) is 13.2 Å². The smallest absolute Gasteiger partial charge is 0.434 e. The zero-order valence-corrected chi connectivity index (χ0v) is 19.0. The van der Waals surface area contributed by atoms with Crippen LogP contribution in [0, 0.1) is 13.8 Å². The number of para-hydroxylation sites is 1. The van der Waals surface area contributed by atoms with Gasteiger partial charge < -0.3 is 15.4 Å². The summed E-state index contributed by atoms with van der Waals surface area (Å²) in [4.78, 5) is 7.63. The van der Waals surface area contributed by atoms with E-state index in [1.807, 2.05) is 32.0 Å². The van der Waals surface area contributed by atoms with Gasteiger partial charge in [-0.3, -0.25) is 4.99 Å². The molecular weight excluding hydrogens is 504 g/mol. The van der Waals surface area contributed by atoms with Crippen molar-refractivity contribution >= 4 is 41.3 Å². The number of rotatable bonds is 7. The number of hydrogen-bond acceptors (Lipinski definition) is 4. The zero-order valence-electron chi connectivity index (χ0n) is 15.9. The van der Waals surface area contributed by atoms with E-state index in [2.05, 4.69) is 20.6 Å². The molecule has 0 saturated heterocycles. The van der Waals surface area contributed by atoms with Crippen molar-refractivity contribution in [1.82, 2.24) is 15.6 Å². The lowest BCUT2D eigenvalue weighted by Crippen LogP contribution is -2.37. The van der Waals surface area contributed by atoms with Crippen molar-refractivity contribution in [2.45, 2.75) is 33.0 Å². The first-order valence-electron chi connectivity index (χ1n) is 8.46. The van der Waals surface area contributed by atoms with E-state index < -0.39 is 11.9 Å². The van der Waals surface area contributed by atoms with Crippen LogP contribution >= 0.6 is 35.3 Å². The molecule has 1 aromatic heterocycles. The Morgan fingerprint density at radius 2 is 1.89 bits per heavy atom. The number of nitrogens with zero attached hydrogens (tertiary/aromatic N) is 2. The van der Waals surface area contributed by atoms with Gasteiger partial charge in [0.1, 0.15) is 10.8 Å². The highest BCUT2D eigenvalue weighted by Crippen LogP contribution is 2.29. The summed E-state index contributed by atoms with van der Waals surface area (Å²) in [7, 11) is 1.60. The minimum atomic E-state index is -4.41. The summed E-state index contributed by atoms with van der Waals surface area (Å²) in [5.41, 5.74) is 1.33. The van der Waals surface area contributed by atoms with Crippen molar-refractivity contribution in [3.05, 3.63) is 45.4 Å². The molecule has 0 bridgehead atoms.